The van der Waals surface area contributed by atoms with Gasteiger partial charge in [-0.15, -0.1) is 0 Å². The van der Waals surface area contributed by atoms with Gasteiger partial charge in [-0.3, -0.25) is 0 Å². The first-order valence-corrected chi connectivity index (χ1v) is 6.34. The predicted molar refractivity (Wildman–Crippen MR) is 74.6 cm³/mol. The molecule has 0 aliphatic rings. The molecule has 0 fully saturated rings. The molecular weight excluding hydrogens is 212 g/mol. The van der Waals surface area contributed by atoms with Crippen molar-refractivity contribution < 1.29 is 4.74 Å². The van der Waals surface area contributed by atoms with Gasteiger partial charge < -0.3 is 15.8 Å². The molecule has 1 aromatic rings. The van der Waals surface area contributed by atoms with Crippen LogP contribution in [0.5, 0.6) is 5.75 Å². The Morgan fingerprint density at radius 3 is 2.59 bits per heavy atom. The van der Waals surface area contributed by atoms with Gasteiger partial charge in [0.25, 0.3) is 0 Å². The number of nitrogens with one attached hydrogen (secondary N) is 1. The zero-order chi connectivity index (χ0) is 12.8. The lowest BCUT2D eigenvalue weighted by Crippen LogP contribution is -2.22. The summed E-state index contributed by atoms with van der Waals surface area (Å²) in [6.45, 7) is 9.31. The second kappa shape index (κ2) is 6.38. The van der Waals surface area contributed by atoms with Crippen LogP contribution < -0.4 is 15.8 Å². The Morgan fingerprint density at radius 2 is 2.00 bits per heavy atom. The zero-order valence-electron chi connectivity index (χ0n) is 11.3. The highest BCUT2D eigenvalue weighted by atomic mass is 16.5. The quantitative estimate of drug-likeness (QED) is 0.743. The first kappa shape index (κ1) is 13.7. The van der Waals surface area contributed by atoms with Gasteiger partial charge in [-0.25, -0.2) is 0 Å². The molecule has 1 atom stereocenters. The van der Waals surface area contributed by atoms with E-state index in [-0.39, 0.29) is 0 Å². The molecule has 0 aromatic heterocycles. The first-order valence-electron chi connectivity index (χ1n) is 6.34. The third-order valence-electron chi connectivity index (χ3n) is 2.91. The second-order valence-electron chi connectivity index (χ2n) is 4.74. The molecule has 1 rings (SSSR count). The van der Waals surface area contributed by atoms with Crippen LogP contribution in [0.2, 0.25) is 0 Å². The molecule has 3 heteroatoms. The fourth-order valence-corrected chi connectivity index (χ4v) is 1.42. The van der Waals surface area contributed by atoms with Crippen molar-refractivity contribution in [2.45, 2.75) is 40.2 Å². The van der Waals surface area contributed by atoms with Crippen molar-refractivity contribution in [3.63, 3.8) is 0 Å². The summed E-state index contributed by atoms with van der Waals surface area (Å²) in [5.41, 5.74) is 7.75. The third-order valence-corrected chi connectivity index (χ3v) is 2.91. The highest BCUT2D eigenvalue weighted by Gasteiger charge is 2.10. The van der Waals surface area contributed by atoms with E-state index in [1.54, 1.807) is 0 Å². The van der Waals surface area contributed by atoms with E-state index in [4.69, 9.17) is 10.5 Å². The lowest BCUT2D eigenvalue weighted by molar-refractivity contribution is 0.319. The number of rotatable bonds is 6. The molecule has 1 aromatic carbocycles. The Morgan fingerprint density at radius 1 is 1.29 bits per heavy atom. The normalized spacial score (nSPS) is 12.5. The summed E-state index contributed by atoms with van der Waals surface area (Å²) in [6.07, 6.45) is 0.986. The van der Waals surface area contributed by atoms with E-state index < -0.39 is 0 Å². The van der Waals surface area contributed by atoms with Crippen LogP contribution in [-0.4, -0.2) is 12.6 Å². The first-order chi connectivity index (χ1) is 8.06. The molecule has 96 valence electrons. The number of hydrogen-bond acceptors (Lipinski definition) is 3. The van der Waals surface area contributed by atoms with Crippen LogP contribution in [0.3, 0.4) is 0 Å². The van der Waals surface area contributed by atoms with Gasteiger partial charge in [0.2, 0.25) is 0 Å². The third kappa shape index (κ3) is 3.84. The summed E-state index contributed by atoms with van der Waals surface area (Å²) in [5, 5.41) is 3.42. The molecule has 1 unspecified atom stereocenters. The molecule has 0 radical (unpaired) electrons. The van der Waals surface area contributed by atoms with E-state index >= 15 is 0 Å². The van der Waals surface area contributed by atoms with E-state index in [0.29, 0.717) is 24.3 Å². The minimum absolute atomic E-state index is 0.388. The molecule has 3 N–H and O–H groups in total. The molecule has 0 aliphatic heterocycles. The van der Waals surface area contributed by atoms with Gasteiger partial charge in [-0.2, -0.15) is 0 Å². The lowest BCUT2D eigenvalue weighted by atomic mass is 10.1. The number of para-hydroxylation sites is 1. The maximum Gasteiger partial charge on any atom is 0.144 e. The van der Waals surface area contributed by atoms with E-state index in [1.807, 2.05) is 18.2 Å². The summed E-state index contributed by atoms with van der Waals surface area (Å²) in [5.74, 6) is 1.34. The number of anilines is 2. The van der Waals surface area contributed by atoms with Crippen molar-refractivity contribution in [3.8, 4) is 5.75 Å². The van der Waals surface area contributed by atoms with Crippen molar-refractivity contribution >= 4 is 11.4 Å². The zero-order valence-corrected chi connectivity index (χ0v) is 11.3. The Bertz CT molecular complexity index is 350. The molecule has 0 amide bonds. The van der Waals surface area contributed by atoms with E-state index in [0.717, 1.165) is 17.9 Å². The van der Waals surface area contributed by atoms with Crippen LogP contribution in [0.25, 0.3) is 0 Å². The van der Waals surface area contributed by atoms with E-state index in [2.05, 4.69) is 33.0 Å². The molecule has 17 heavy (non-hydrogen) atoms. The summed E-state index contributed by atoms with van der Waals surface area (Å²) in [7, 11) is 0. The summed E-state index contributed by atoms with van der Waals surface area (Å²) in [4.78, 5) is 0. The van der Waals surface area contributed by atoms with Crippen LogP contribution >= 0.6 is 0 Å². The van der Waals surface area contributed by atoms with Crippen LogP contribution in [0, 0.1) is 5.92 Å². The van der Waals surface area contributed by atoms with Crippen LogP contribution in [0.1, 0.15) is 34.1 Å². The van der Waals surface area contributed by atoms with Gasteiger partial charge in [-0.05, 0) is 31.4 Å². The van der Waals surface area contributed by atoms with Crippen molar-refractivity contribution in [3.05, 3.63) is 18.2 Å². The van der Waals surface area contributed by atoms with Gasteiger partial charge in [-0.1, -0.05) is 26.8 Å². The van der Waals surface area contributed by atoms with Crippen molar-refractivity contribution in [2.24, 2.45) is 5.92 Å². The average molecular weight is 236 g/mol. The summed E-state index contributed by atoms with van der Waals surface area (Å²) < 4.78 is 5.60. The van der Waals surface area contributed by atoms with Crippen molar-refractivity contribution in [1.29, 1.82) is 0 Å². The topological polar surface area (TPSA) is 47.3 Å². The molecule has 3 nitrogen and oxygen atoms in total. The largest absolute Gasteiger partial charge is 0.491 e. The minimum Gasteiger partial charge on any atom is -0.491 e. The average Bonchev–Trinajstić information content (AvgIpc) is 2.30. The molecule has 0 bridgehead atoms. The highest BCUT2D eigenvalue weighted by molar-refractivity contribution is 5.73. The SMILES string of the molecule is CCCOc1cccc(NC(C)C(C)C)c1N. The lowest BCUT2D eigenvalue weighted by Gasteiger charge is -2.21. The van der Waals surface area contributed by atoms with Crippen LogP contribution in [-0.2, 0) is 0 Å². The molecule has 0 aliphatic carbocycles. The summed E-state index contributed by atoms with van der Waals surface area (Å²) >= 11 is 0. The van der Waals surface area contributed by atoms with E-state index in [1.165, 1.54) is 0 Å². The fourth-order valence-electron chi connectivity index (χ4n) is 1.42. The Hall–Kier alpha value is -1.38. The minimum atomic E-state index is 0.388. The highest BCUT2D eigenvalue weighted by Crippen LogP contribution is 2.30. The van der Waals surface area contributed by atoms with Gasteiger partial charge in [0, 0.05) is 6.04 Å². The molecule has 0 spiro atoms. The molecular formula is C14H24N2O. The van der Waals surface area contributed by atoms with Gasteiger partial charge in [0.1, 0.15) is 5.75 Å². The number of ether oxygens (including phenoxy) is 1. The number of hydrogen-bond donors (Lipinski definition) is 2. The summed E-state index contributed by atoms with van der Waals surface area (Å²) in [6, 6.07) is 6.26. The van der Waals surface area contributed by atoms with Crippen LogP contribution in [0.15, 0.2) is 18.2 Å². The van der Waals surface area contributed by atoms with Gasteiger partial charge in [0.05, 0.1) is 18.0 Å². The predicted octanol–water partition coefficient (Wildman–Crippen LogP) is 3.51. The molecule has 0 saturated carbocycles. The van der Waals surface area contributed by atoms with Gasteiger partial charge >= 0.3 is 0 Å². The fraction of sp³-hybridized carbons (Fsp3) is 0.571. The monoisotopic (exact) mass is 236 g/mol. The Labute approximate surface area is 104 Å². The van der Waals surface area contributed by atoms with Crippen molar-refractivity contribution in [1.82, 2.24) is 0 Å². The molecule has 0 heterocycles. The molecule has 0 saturated heterocycles. The number of benzene rings is 1. The van der Waals surface area contributed by atoms with Crippen LogP contribution in [0.4, 0.5) is 11.4 Å². The van der Waals surface area contributed by atoms with E-state index in [9.17, 15) is 0 Å². The number of nitrogen functional groups attached to an aromatic ring is 1. The maximum absolute atomic E-state index is 6.09. The Kier molecular flexibility index (Phi) is 5.13. The van der Waals surface area contributed by atoms with Crippen molar-refractivity contribution in [2.75, 3.05) is 17.7 Å². The number of nitrogens with two attached hydrogens (primary N) is 1. The smallest absolute Gasteiger partial charge is 0.144 e. The second-order valence-corrected chi connectivity index (χ2v) is 4.74. The standard InChI is InChI=1S/C14H24N2O/c1-5-9-17-13-8-6-7-12(14(13)15)16-11(4)10(2)3/h6-8,10-11,16H,5,9,15H2,1-4H3. The Balaban J connectivity index is 2.79. The van der Waals surface area contributed by atoms with Gasteiger partial charge in [0.15, 0.2) is 0 Å². The maximum atomic E-state index is 6.09.